The minimum absolute atomic E-state index is 0.167. The molecule has 0 aliphatic heterocycles. The lowest BCUT2D eigenvalue weighted by molar-refractivity contribution is 0.253. The van der Waals surface area contributed by atoms with E-state index in [0.29, 0.717) is 5.82 Å². The molecule has 31 heavy (non-hydrogen) atoms. The topological polar surface area (TPSA) is 97.8 Å². The Kier molecular flexibility index (Phi) is 3.97. The molecule has 3 aromatic heterocycles. The molecule has 1 aliphatic carbocycles. The first-order valence-electron chi connectivity index (χ1n) is 10.4. The molecule has 1 fully saturated rings. The lowest BCUT2D eigenvalue weighted by atomic mass is 9.72. The van der Waals surface area contributed by atoms with Gasteiger partial charge in [0.2, 0.25) is 5.82 Å². The summed E-state index contributed by atoms with van der Waals surface area (Å²) >= 11 is 0. The summed E-state index contributed by atoms with van der Waals surface area (Å²) in [6, 6.07) is 22.9. The minimum Gasteiger partial charge on any atom is -0.321 e. The number of imidazole rings is 1. The summed E-state index contributed by atoms with van der Waals surface area (Å²) in [6.45, 7) is 0. The molecule has 0 atom stereocenters. The predicted octanol–water partition coefficient (Wildman–Crippen LogP) is 4.19. The Morgan fingerprint density at radius 1 is 0.903 bits per heavy atom. The number of aromatic nitrogens is 6. The van der Waals surface area contributed by atoms with Crippen LogP contribution in [0.2, 0.25) is 0 Å². The molecule has 152 valence electrons. The van der Waals surface area contributed by atoms with Gasteiger partial charge in [0.25, 0.3) is 0 Å². The first-order valence-corrected chi connectivity index (χ1v) is 10.4. The van der Waals surface area contributed by atoms with Crippen molar-refractivity contribution in [2.24, 2.45) is 5.73 Å². The summed E-state index contributed by atoms with van der Waals surface area (Å²) in [7, 11) is 0. The summed E-state index contributed by atoms with van der Waals surface area (Å²) in [5.41, 5.74) is 13.4. The number of pyridine rings is 1. The zero-order chi connectivity index (χ0) is 20.8. The van der Waals surface area contributed by atoms with Crippen LogP contribution in [-0.4, -0.2) is 30.0 Å². The number of hydrogen-bond acceptors (Lipinski definition) is 5. The van der Waals surface area contributed by atoms with Crippen LogP contribution in [0.15, 0.2) is 72.9 Å². The van der Waals surface area contributed by atoms with Gasteiger partial charge < -0.3 is 5.73 Å². The Morgan fingerprint density at radius 3 is 2.39 bits per heavy atom. The molecule has 7 nitrogen and oxygen atoms in total. The van der Waals surface area contributed by atoms with E-state index in [1.54, 1.807) is 0 Å². The summed E-state index contributed by atoms with van der Waals surface area (Å²) in [6.07, 6.45) is 5.31. The number of nitrogens with two attached hydrogens (primary N) is 1. The van der Waals surface area contributed by atoms with E-state index in [1.807, 2.05) is 36.5 Å². The van der Waals surface area contributed by atoms with Gasteiger partial charge >= 0.3 is 0 Å². The van der Waals surface area contributed by atoms with Crippen LogP contribution >= 0.6 is 0 Å². The number of benzene rings is 2. The van der Waals surface area contributed by atoms with Crippen LogP contribution in [0.3, 0.4) is 0 Å². The van der Waals surface area contributed by atoms with Gasteiger partial charge in [-0.05, 0) is 42.2 Å². The largest absolute Gasteiger partial charge is 0.321 e. The second-order valence-corrected chi connectivity index (χ2v) is 8.14. The molecular weight excluding hydrogens is 386 g/mol. The normalized spacial score (nSPS) is 15.1. The van der Waals surface area contributed by atoms with E-state index in [4.69, 9.17) is 10.7 Å². The third kappa shape index (κ3) is 2.93. The van der Waals surface area contributed by atoms with Gasteiger partial charge in [-0.2, -0.15) is 5.21 Å². The molecule has 3 heterocycles. The third-order valence-corrected chi connectivity index (χ3v) is 6.26. The van der Waals surface area contributed by atoms with Gasteiger partial charge in [-0.3, -0.25) is 4.40 Å². The van der Waals surface area contributed by atoms with E-state index >= 15 is 0 Å². The van der Waals surface area contributed by atoms with Crippen LogP contribution in [0.25, 0.3) is 39.5 Å². The first-order chi connectivity index (χ1) is 15.2. The van der Waals surface area contributed by atoms with Crippen LogP contribution in [-0.2, 0) is 5.54 Å². The number of nitrogens with zero attached hydrogens (tertiary/aromatic N) is 5. The van der Waals surface area contributed by atoms with Crippen molar-refractivity contribution in [2.45, 2.75) is 24.8 Å². The zero-order valence-corrected chi connectivity index (χ0v) is 16.9. The van der Waals surface area contributed by atoms with Gasteiger partial charge in [0.15, 0.2) is 0 Å². The van der Waals surface area contributed by atoms with Gasteiger partial charge in [0.05, 0.1) is 11.4 Å². The molecule has 7 heteroatoms. The quantitative estimate of drug-likeness (QED) is 0.466. The van der Waals surface area contributed by atoms with Crippen LogP contribution < -0.4 is 5.73 Å². The van der Waals surface area contributed by atoms with Crippen LogP contribution in [0, 0.1) is 0 Å². The molecule has 1 aliphatic rings. The fourth-order valence-electron chi connectivity index (χ4n) is 4.35. The molecule has 6 rings (SSSR count). The Morgan fingerprint density at radius 2 is 1.71 bits per heavy atom. The molecule has 0 amide bonds. The molecule has 1 saturated carbocycles. The molecule has 0 saturated heterocycles. The van der Waals surface area contributed by atoms with Crippen molar-refractivity contribution in [3.05, 3.63) is 78.5 Å². The molecule has 2 aromatic carbocycles. The maximum absolute atomic E-state index is 6.52. The maximum Gasteiger partial charge on any atom is 0.204 e. The molecule has 3 N–H and O–H groups in total. The molecule has 0 bridgehead atoms. The van der Waals surface area contributed by atoms with Crippen molar-refractivity contribution in [1.29, 1.82) is 0 Å². The lowest BCUT2D eigenvalue weighted by Crippen LogP contribution is -2.43. The molecule has 5 aromatic rings. The van der Waals surface area contributed by atoms with Crippen molar-refractivity contribution in [1.82, 2.24) is 30.0 Å². The fraction of sp³-hybridized carbons (Fsp3) is 0.167. The highest BCUT2D eigenvalue weighted by molar-refractivity contribution is 5.83. The number of nitrogens with one attached hydrogen (secondary N) is 1. The Bertz CT molecular complexity index is 1350. The Labute approximate surface area is 179 Å². The van der Waals surface area contributed by atoms with Crippen molar-refractivity contribution >= 4 is 5.65 Å². The fourth-order valence-corrected chi connectivity index (χ4v) is 4.35. The number of tetrazole rings is 1. The molecule has 0 unspecified atom stereocenters. The summed E-state index contributed by atoms with van der Waals surface area (Å²) in [5.74, 6) is 0.548. The van der Waals surface area contributed by atoms with E-state index in [0.717, 1.165) is 46.6 Å². The zero-order valence-electron chi connectivity index (χ0n) is 16.9. The number of aromatic amines is 1. The maximum atomic E-state index is 6.52. The van der Waals surface area contributed by atoms with E-state index in [1.165, 1.54) is 12.0 Å². The molecular formula is C24H21N7. The highest BCUT2D eigenvalue weighted by atomic mass is 15.5. The number of fused-ring (bicyclic) bond motifs is 1. The number of hydrogen-bond donors (Lipinski definition) is 2. The van der Waals surface area contributed by atoms with Crippen molar-refractivity contribution in [3.8, 4) is 33.9 Å². The smallest absolute Gasteiger partial charge is 0.204 e. The summed E-state index contributed by atoms with van der Waals surface area (Å²) in [5, 5.41) is 14.3. The van der Waals surface area contributed by atoms with Gasteiger partial charge in [-0.1, -0.05) is 54.6 Å². The predicted molar refractivity (Wildman–Crippen MR) is 119 cm³/mol. The number of rotatable bonds is 4. The van der Waals surface area contributed by atoms with Gasteiger partial charge in [0.1, 0.15) is 5.65 Å². The van der Waals surface area contributed by atoms with Crippen molar-refractivity contribution in [2.75, 3.05) is 0 Å². The average Bonchev–Trinajstić information content (AvgIpc) is 3.46. The highest BCUT2D eigenvalue weighted by Gasteiger charge is 2.34. The third-order valence-electron chi connectivity index (χ3n) is 6.26. The second kappa shape index (κ2) is 6.85. The Balaban J connectivity index is 1.52. The SMILES string of the molecule is NC1(c2ccc(-c3nc4cc(-c5nn[nH]n5)ccn4c3-c3ccccc3)cc2)CCC1. The van der Waals surface area contributed by atoms with Crippen LogP contribution in [0.4, 0.5) is 0 Å². The first kappa shape index (κ1) is 18.0. The van der Waals surface area contributed by atoms with Crippen molar-refractivity contribution < 1.29 is 0 Å². The summed E-state index contributed by atoms with van der Waals surface area (Å²) in [4.78, 5) is 5.00. The second-order valence-electron chi connectivity index (χ2n) is 8.14. The monoisotopic (exact) mass is 407 g/mol. The lowest BCUT2D eigenvalue weighted by Gasteiger charge is -2.38. The Hall–Kier alpha value is -3.84. The number of H-pyrrole nitrogens is 1. The van der Waals surface area contributed by atoms with Crippen molar-refractivity contribution in [3.63, 3.8) is 0 Å². The van der Waals surface area contributed by atoms with Gasteiger partial charge in [-0.15, -0.1) is 10.2 Å². The standard InChI is InChI=1S/C24H21N7/c25-24(12-4-13-24)19-9-7-16(8-10-19)21-22(17-5-2-1-3-6-17)31-14-11-18(15-20(31)26-21)23-27-29-30-28-23/h1-3,5-11,14-15H,4,12-13,25H2,(H,27,28,29,30). The van der Waals surface area contributed by atoms with Crippen LogP contribution in [0.5, 0.6) is 0 Å². The minimum atomic E-state index is -0.167. The van der Waals surface area contributed by atoms with E-state index in [-0.39, 0.29) is 5.54 Å². The highest BCUT2D eigenvalue weighted by Crippen LogP contribution is 2.40. The molecule has 0 spiro atoms. The average molecular weight is 407 g/mol. The van der Waals surface area contributed by atoms with Gasteiger partial charge in [0, 0.05) is 28.4 Å². The van der Waals surface area contributed by atoms with Crippen LogP contribution in [0.1, 0.15) is 24.8 Å². The molecule has 0 radical (unpaired) electrons. The van der Waals surface area contributed by atoms with E-state index in [9.17, 15) is 0 Å². The summed E-state index contributed by atoms with van der Waals surface area (Å²) < 4.78 is 2.11. The van der Waals surface area contributed by atoms with E-state index in [2.05, 4.69) is 61.4 Å². The van der Waals surface area contributed by atoms with Gasteiger partial charge in [-0.25, -0.2) is 4.98 Å². The van der Waals surface area contributed by atoms with E-state index < -0.39 is 0 Å².